The molecule has 0 saturated carbocycles. The quantitative estimate of drug-likeness (QED) is 0.550. The zero-order chi connectivity index (χ0) is 25.1. The molecule has 5 nitrogen and oxygen atoms in total. The van der Waals surface area contributed by atoms with E-state index in [9.17, 15) is 35.9 Å². The van der Waals surface area contributed by atoms with Crippen LogP contribution in [0.1, 0.15) is 39.9 Å². The molecule has 12 heteroatoms. The molecular formula is C23H24ClF6N3O2. The van der Waals surface area contributed by atoms with E-state index in [1.807, 2.05) is 30.3 Å². The third-order valence-corrected chi connectivity index (χ3v) is 5.68. The number of amides is 2. The minimum atomic E-state index is -5.03. The number of hydrogen-bond acceptors (Lipinski definition) is 3. The summed E-state index contributed by atoms with van der Waals surface area (Å²) in [5.41, 5.74) is 2.66. The highest BCUT2D eigenvalue weighted by Crippen LogP contribution is 2.36. The first-order chi connectivity index (χ1) is 15.8. The molecule has 1 heterocycles. The summed E-state index contributed by atoms with van der Waals surface area (Å²) in [5.74, 6) is -1.46. The molecule has 1 atom stereocenters. The van der Waals surface area contributed by atoms with E-state index in [0.717, 1.165) is 5.56 Å². The van der Waals surface area contributed by atoms with Gasteiger partial charge in [-0.05, 0) is 43.0 Å². The van der Waals surface area contributed by atoms with Gasteiger partial charge in [0.1, 0.15) is 0 Å². The molecular weight excluding hydrogens is 500 g/mol. The summed E-state index contributed by atoms with van der Waals surface area (Å²) >= 11 is 0. The van der Waals surface area contributed by atoms with Crippen molar-refractivity contribution < 1.29 is 35.9 Å². The van der Waals surface area contributed by atoms with Crippen molar-refractivity contribution in [2.75, 3.05) is 13.1 Å². The fourth-order valence-electron chi connectivity index (χ4n) is 3.89. The molecule has 0 spiro atoms. The molecule has 1 aliphatic heterocycles. The number of rotatable bonds is 6. The Kier molecular flexibility index (Phi) is 9.18. The summed E-state index contributed by atoms with van der Waals surface area (Å²) in [6, 6.07) is 9.20. The number of benzene rings is 2. The van der Waals surface area contributed by atoms with Crippen LogP contribution in [0, 0.1) is 0 Å². The number of alkyl halides is 6. The van der Waals surface area contributed by atoms with Gasteiger partial charge in [0.05, 0.1) is 17.2 Å². The Bertz CT molecular complexity index is 990. The standard InChI is InChI=1S/C23H23F6N3O2.ClH/c24-22(25,26)16-11-15(12-17(13-16)23(27,28)29)21(34)32-8-6-18(7-9-32)31-19(20(30)33)10-14-4-2-1-3-5-14;/h1-5,11-13,18-19,31H,6-10H2,(H2,30,33);1H. The van der Waals surface area contributed by atoms with E-state index in [4.69, 9.17) is 5.73 Å². The van der Waals surface area contributed by atoms with Crippen LogP contribution in [0.15, 0.2) is 48.5 Å². The van der Waals surface area contributed by atoms with Crippen molar-refractivity contribution in [3.8, 4) is 0 Å². The second-order valence-electron chi connectivity index (χ2n) is 8.17. The SMILES string of the molecule is Cl.NC(=O)C(Cc1ccccc1)NC1CCN(C(=O)c2cc(C(F)(F)F)cc(C(F)(F)F)c2)CC1. The highest BCUT2D eigenvalue weighted by atomic mass is 35.5. The van der Waals surface area contributed by atoms with Gasteiger partial charge in [-0.3, -0.25) is 9.59 Å². The molecule has 1 aliphatic rings. The van der Waals surface area contributed by atoms with Crippen molar-refractivity contribution in [3.05, 3.63) is 70.8 Å². The maximum absolute atomic E-state index is 13.1. The van der Waals surface area contributed by atoms with Crippen LogP contribution >= 0.6 is 12.4 Å². The molecule has 0 bridgehead atoms. The van der Waals surface area contributed by atoms with Crippen LogP contribution in [0.5, 0.6) is 0 Å². The van der Waals surface area contributed by atoms with Gasteiger partial charge in [-0.1, -0.05) is 30.3 Å². The van der Waals surface area contributed by atoms with Gasteiger partial charge < -0.3 is 16.0 Å². The minimum Gasteiger partial charge on any atom is -0.368 e. The first-order valence-corrected chi connectivity index (χ1v) is 10.5. The fraction of sp³-hybridized carbons (Fsp3) is 0.391. The van der Waals surface area contributed by atoms with Crippen molar-refractivity contribution in [2.24, 2.45) is 5.73 Å². The topological polar surface area (TPSA) is 75.4 Å². The number of likely N-dealkylation sites (tertiary alicyclic amines) is 1. The molecule has 3 N–H and O–H groups in total. The fourth-order valence-corrected chi connectivity index (χ4v) is 3.89. The normalized spacial score (nSPS) is 15.9. The van der Waals surface area contributed by atoms with Gasteiger partial charge in [0, 0.05) is 24.7 Å². The minimum absolute atomic E-state index is 0. The van der Waals surface area contributed by atoms with Crippen LogP contribution < -0.4 is 11.1 Å². The van der Waals surface area contributed by atoms with E-state index in [-0.39, 0.29) is 37.6 Å². The van der Waals surface area contributed by atoms with Crippen LogP contribution in [0.4, 0.5) is 26.3 Å². The number of nitrogens with zero attached hydrogens (tertiary/aromatic N) is 1. The van der Waals surface area contributed by atoms with Crippen LogP contribution in [-0.2, 0) is 23.6 Å². The third kappa shape index (κ3) is 7.60. The maximum atomic E-state index is 13.1. The predicted molar refractivity (Wildman–Crippen MR) is 119 cm³/mol. The van der Waals surface area contributed by atoms with E-state index in [2.05, 4.69) is 5.32 Å². The van der Waals surface area contributed by atoms with E-state index in [0.29, 0.717) is 31.4 Å². The van der Waals surface area contributed by atoms with E-state index >= 15 is 0 Å². The highest BCUT2D eigenvalue weighted by molar-refractivity contribution is 5.94. The second kappa shape index (κ2) is 11.3. The molecule has 2 aromatic rings. The summed E-state index contributed by atoms with van der Waals surface area (Å²) in [6.07, 6.45) is -8.99. The average molecular weight is 524 g/mol. The van der Waals surface area contributed by atoms with Crippen molar-refractivity contribution >= 4 is 24.2 Å². The Morgan fingerprint density at radius 2 is 1.46 bits per heavy atom. The molecule has 0 aromatic heterocycles. The number of piperidine rings is 1. The Morgan fingerprint density at radius 1 is 0.943 bits per heavy atom. The van der Waals surface area contributed by atoms with E-state index in [1.165, 1.54) is 4.90 Å². The van der Waals surface area contributed by atoms with Gasteiger partial charge in [-0.25, -0.2) is 0 Å². The van der Waals surface area contributed by atoms with Crippen molar-refractivity contribution in [1.82, 2.24) is 10.2 Å². The van der Waals surface area contributed by atoms with Crippen LogP contribution in [0.3, 0.4) is 0 Å². The molecule has 2 amide bonds. The summed E-state index contributed by atoms with van der Waals surface area (Å²) in [4.78, 5) is 25.8. The van der Waals surface area contributed by atoms with Gasteiger partial charge in [0.25, 0.3) is 5.91 Å². The largest absolute Gasteiger partial charge is 0.416 e. The number of hydrogen-bond donors (Lipinski definition) is 2. The lowest BCUT2D eigenvalue weighted by Crippen LogP contribution is -2.52. The van der Waals surface area contributed by atoms with Gasteiger partial charge in [0.15, 0.2) is 0 Å². The zero-order valence-electron chi connectivity index (χ0n) is 18.3. The Morgan fingerprint density at radius 3 is 1.91 bits per heavy atom. The van der Waals surface area contributed by atoms with E-state index < -0.39 is 46.9 Å². The summed E-state index contributed by atoms with van der Waals surface area (Å²) < 4.78 is 78.6. The van der Waals surface area contributed by atoms with Crippen LogP contribution in [-0.4, -0.2) is 41.9 Å². The molecule has 1 saturated heterocycles. The number of nitrogens with two attached hydrogens (primary N) is 1. The molecule has 3 rings (SSSR count). The first-order valence-electron chi connectivity index (χ1n) is 10.5. The van der Waals surface area contributed by atoms with Crippen molar-refractivity contribution in [2.45, 2.75) is 43.7 Å². The summed E-state index contributed by atoms with van der Waals surface area (Å²) in [6.45, 7) is 0.204. The maximum Gasteiger partial charge on any atom is 0.416 e. The van der Waals surface area contributed by atoms with Gasteiger partial charge in [-0.15, -0.1) is 12.4 Å². The zero-order valence-corrected chi connectivity index (χ0v) is 19.1. The highest BCUT2D eigenvalue weighted by Gasteiger charge is 2.38. The second-order valence-corrected chi connectivity index (χ2v) is 8.17. The molecule has 0 radical (unpaired) electrons. The number of nitrogens with one attached hydrogen (secondary N) is 1. The van der Waals surface area contributed by atoms with Crippen LogP contribution in [0.2, 0.25) is 0 Å². The molecule has 192 valence electrons. The summed E-state index contributed by atoms with van der Waals surface area (Å²) in [7, 11) is 0. The van der Waals surface area contributed by atoms with Crippen molar-refractivity contribution in [1.29, 1.82) is 0 Å². The first kappa shape index (κ1) is 28.4. The molecule has 2 aromatic carbocycles. The van der Waals surface area contributed by atoms with Gasteiger partial charge in [0.2, 0.25) is 5.91 Å². The molecule has 1 unspecified atom stereocenters. The Hall–Kier alpha value is -2.79. The summed E-state index contributed by atoms with van der Waals surface area (Å²) in [5, 5.41) is 3.15. The van der Waals surface area contributed by atoms with E-state index in [1.54, 1.807) is 0 Å². The Labute approximate surface area is 204 Å². The predicted octanol–water partition coefficient (Wildman–Crippen LogP) is 4.44. The van der Waals surface area contributed by atoms with Gasteiger partial charge in [-0.2, -0.15) is 26.3 Å². The lowest BCUT2D eigenvalue weighted by atomic mass is 9.99. The molecule has 0 aliphatic carbocycles. The lowest BCUT2D eigenvalue weighted by molar-refractivity contribution is -0.143. The average Bonchev–Trinajstić information content (AvgIpc) is 2.78. The monoisotopic (exact) mass is 523 g/mol. The third-order valence-electron chi connectivity index (χ3n) is 5.68. The van der Waals surface area contributed by atoms with Gasteiger partial charge >= 0.3 is 12.4 Å². The number of primary amides is 1. The lowest BCUT2D eigenvalue weighted by Gasteiger charge is -2.34. The van der Waals surface area contributed by atoms with Crippen LogP contribution in [0.25, 0.3) is 0 Å². The number of halogens is 7. The number of carbonyl (C=O) groups is 2. The number of carbonyl (C=O) groups excluding carboxylic acids is 2. The smallest absolute Gasteiger partial charge is 0.368 e. The molecule has 1 fully saturated rings. The van der Waals surface area contributed by atoms with Crippen molar-refractivity contribution in [3.63, 3.8) is 0 Å². The Balaban J connectivity index is 0.00000432. The molecule has 35 heavy (non-hydrogen) atoms.